The largest absolute Gasteiger partial charge is 0.494 e. The summed E-state index contributed by atoms with van der Waals surface area (Å²) in [7, 11) is 2.98. The molecule has 3 rings (SSSR count). The lowest BCUT2D eigenvalue weighted by molar-refractivity contribution is 0.102. The van der Waals surface area contributed by atoms with Crippen molar-refractivity contribution in [3.8, 4) is 5.75 Å². The average molecular weight is 364 g/mol. The molecule has 3 aromatic rings. The molecule has 0 bridgehead atoms. The van der Waals surface area contributed by atoms with Gasteiger partial charge in [-0.2, -0.15) is 0 Å². The molecule has 0 saturated carbocycles. The predicted octanol–water partition coefficient (Wildman–Crippen LogP) is 3.12. The van der Waals surface area contributed by atoms with Crippen LogP contribution in [0.1, 0.15) is 10.4 Å². The molecule has 24 heavy (non-hydrogen) atoms. The lowest BCUT2D eigenvalue weighted by Gasteiger charge is -2.07. The second-order valence-corrected chi connectivity index (χ2v) is 6.80. The molecular weight excluding hydrogens is 351 g/mol. The third-order valence-electron chi connectivity index (χ3n) is 3.47. The van der Waals surface area contributed by atoms with Gasteiger partial charge in [-0.1, -0.05) is 11.8 Å². The quantitative estimate of drug-likeness (QED) is 0.395. The minimum atomic E-state index is -0.584. The summed E-state index contributed by atoms with van der Waals surface area (Å²) >= 11 is 2.53. The number of carbonyl (C=O) groups is 1. The molecule has 0 saturated heterocycles. The minimum absolute atomic E-state index is 0.0585. The number of halogens is 1. The van der Waals surface area contributed by atoms with E-state index in [0.717, 1.165) is 17.8 Å². The monoisotopic (exact) mass is 364 g/mol. The second-order valence-electron chi connectivity index (χ2n) is 4.96. The molecule has 0 amide bonds. The summed E-state index contributed by atoms with van der Waals surface area (Å²) < 4.78 is 19.9. The summed E-state index contributed by atoms with van der Waals surface area (Å²) in [5.74, 6) is -0.685. The van der Waals surface area contributed by atoms with Crippen molar-refractivity contribution in [3.63, 3.8) is 0 Å². The van der Waals surface area contributed by atoms with E-state index in [1.807, 2.05) is 0 Å². The van der Waals surface area contributed by atoms with Gasteiger partial charge >= 0.3 is 0 Å². The molecule has 0 aliphatic carbocycles. The average Bonchev–Trinajstić information content (AvgIpc) is 3.05. The molecule has 0 aliphatic rings. The van der Waals surface area contributed by atoms with Crippen LogP contribution in [0.2, 0.25) is 0 Å². The molecule has 0 fully saturated rings. The van der Waals surface area contributed by atoms with E-state index >= 15 is 0 Å². The molecule has 5 nitrogen and oxygen atoms in total. The number of methoxy groups -OCH3 is 1. The van der Waals surface area contributed by atoms with Gasteiger partial charge in [-0.05, 0) is 29.6 Å². The zero-order chi connectivity index (χ0) is 17.3. The first-order valence-corrected chi connectivity index (χ1v) is 8.81. The number of fused-ring (bicyclic) bond motifs is 1. The topological polar surface area (TPSA) is 61.2 Å². The Labute approximate surface area is 145 Å². The lowest BCUT2D eigenvalue weighted by Crippen LogP contribution is -2.19. The van der Waals surface area contributed by atoms with Crippen LogP contribution in [0.3, 0.4) is 0 Å². The van der Waals surface area contributed by atoms with Crippen molar-refractivity contribution in [1.29, 1.82) is 0 Å². The fourth-order valence-corrected chi connectivity index (χ4v) is 3.83. The fourth-order valence-electron chi connectivity index (χ4n) is 2.16. The van der Waals surface area contributed by atoms with Gasteiger partial charge in [-0.3, -0.25) is 14.2 Å². The Hall–Kier alpha value is -2.19. The Balaban J connectivity index is 1.80. The van der Waals surface area contributed by atoms with Crippen LogP contribution in [0.25, 0.3) is 10.2 Å². The molecule has 124 valence electrons. The van der Waals surface area contributed by atoms with Gasteiger partial charge in [0.1, 0.15) is 4.83 Å². The molecular formula is C16H13FN2O3S2. The zero-order valence-corrected chi connectivity index (χ0v) is 14.5. The SMILES string of the molecule is COc1ccc(C(=O)CSc2nc3sccc3c(=O)n2C)cc1F. The van der Waals surface area contributed by atoms with E-state index in [2.05, 4.69) is 4.98 Å². The summed E-state index contributed by atoms with van der Waals surface area (Å²) in [4.78, 5) is 29.5. The number of thioether (sulfide) groups is 1. The molecule has 2 aromatic heterocycles. The summed E-state index contributed by atoms with van der Waals surface area (Å²) in [5, 5.41) is 2.83. The van der Waals surface area contributed by atoms with E-state index < -0.39 is 5.82 Å². The van der Waals surface area contributed by atoms with Crippen molar-refractivity contribution >= 4 is 39.1 Å². The van der Waals surface area contributed by atoms with E-state index in [9.17, 15) is 14.0 Å². The van der Waals surface area contributed by atoms with Crippen molar-refractivity contribution in [2.24, 2.45) is 7.05 Å². The van der Waals surface area contributed by atoms with Crippen LogP contribution in [0.4, 0.5) is 4.39 Å². The molecule has 2 heterocycles. The molecule has 8 heteroatoms. The number of benzene rings is 1. The van der Waals surface area contributed by atoms with Crippen molar-refractivity contribution in [2.45, 2.75) is 5.16 Å². The molecule has 0 spiro atoms. The number of hydrogen-bond donors (Lipinski definition) is 0. The number of ether oxygens (including phenoxy) is 1. The standard InChI is InChI=1S/C16H13FN2O3S2/c1-19-15(21)10-5-6-23-14(10)18-16(19)24-8-12(20)9-3-4-13(22-2)11(17)7-9/h3-7H,8H2,1-2H3. The van der Waals surface area contributed by atoms with Gasteiger partial charge in [0, 0.05) is 12.6 Å². The highest BCUT2D eigenvalue weighted by molar-refractivity contribution is 7.99. The molecule has 0 atom stereocenters. The van der Waals surface area contributed by atoms with Crippen LogP contribution < -0.4 is 10.3 Å². The van der Waals surface area contributed by atoms with Crippen LogP contribution in [0.5, 0.6) is 5.75 Å². The first-order chi connectivity index (χ1) is 11.5. The first kappa shape index (κ1) is 16.7. The van der Waals surface area contributed by atoms with Gasteiger partial charge in [0.25, 0.3) is 5.56 Å². The Kier molecular flexibility index (Phi) is 4.68. The number of rotatable bonds is 5. The Morgan fingerprint density at radius 2 is 2.21 bits per heavy atom. The van der Waals surface area contributed by atoms with E-state index in [1.165, 1.54) is 35.1 Å². The number of carbonyl (C=O) groups excluding carboxylic acids is 1. The number of hydrogen-bond acceptors (Lipinski definition) is 6. The van der Waals surface area contributed by atoms with Crippen LogP contribution >= 0.6 is 23.1 Å². The highest BCUT2D eigenvalue weighted by atomic mass is 32.2. The van der Waals surface area contributed by atoms with Gasteiger partial charge in [-0.15, -0.1) is 11.3 Å². The fraction of sp³-hybridized carbons (Fsp3) is 0.188. The van der Waals surface area contributed by atoms with E-state index in [0.29, 0.717) is 15.4 Å². The Morgan fingerprint density at radius 1 is 1.42 bits per heavy atom. The summed E-state index contributed by atoms with van der Waals surface area (Å²) in [6.07, 6.45) is 0. The van der Waals surface area contributed by atoms with E-state index in [-0.39, 0.29) is 28.4 Å². The van der Waals surface area contributed by atoms with E-state index in [1.54, 1.807) is 18.5 Å². The Bertz CT molecular complexity index is 981. The maximum Gasteiger partial charge on any atom is 0.262 e. The molecule has 0 aliphatic heterocycles. The third-order valence-corrected chi connectivity index (χ3v) is 5.31. The number of thiophene rings is 1. The van der Waals surface area contributed by atoms with Crippen LogP contribution in [0.15, 0.2) is 39.6 Å². The van der Waals surface area contributed by atoms with Gasteiger partial charge in [0.05, 0.1) is 18.2 Å². The molecule has 0 radical (unpaired) electrons. The normalized spacial score (nSPS) is 11.0. The van der Waals surface area contributed by atoms with Gasteiger partial charge in [0.15, 0.2) is 22.5 Å². The van der Waals surface area contributed by atoms with Crippen molar-refractivity contribution < 1.29 is 13.9 Å². The van der Waals surface area contributed by atoms with Gasteiger partial charge in [-0.25, -0.2) is 9.37 Å². The first-order valence-electron chi connectivity index (χ1n) is 6.95. The highest BCUT2D eigenvalue weighted by Crippen LogP contribution is 2.23. The third kappa shape index (κ3) is 3.07. The van der Waals surface area contributed by atoms with Gasteiger partial charge < -0.3 is 4.74 Å². The van der Waals surface area contributed by atoms with Crippen LogP contribution in [-0.4, -0.2) is 28.2 Å². The Morgan fingerprint density at radius 3 is 2.92 bits per heavy atom. The van der Waals surface area contributed by atoms with Crippen molar-refractivity contribution in [3.05, 3.63) is 51.4 Å². The van der Waals surface area contributed by atoms with Crippen molar-refractivity contribution in [2.75, 3.05) is 12.9 Å². The summed E-state index contributed by atoms with van der Waals surface area (Å²) in [6.45, 7) is 0. The second kappa shape index (κ2) is 6.74. The number of Topliss-reactive ketones (excluding diaryl/α,β-unsaturated/α-hetero) is 1. The molecule has 1 aromatic carbocycles. The van der Waals surface area contributed by atoms with Crippen LogP contribution in [-0.2, 0) is 7.05 Å². The van der Waals surface area contributed by atoms with E-state index in [4.69, 9.17) is 4.74 Å². The van der Waals surface area contributed by atoms with Crippen molar-refractivity contribution in [1.82, 2.24) is 9.55 Å². The van der Waals surface area contributed by atoms with Crippen LogP contribution in [0, 0.1) is 5.82 Å². The summed E-state index contributed by atoms with van der Waals surface area (Å²) in [5.41, 5.74) is 0.106. The number of nitrogens with zero attached hydrogens (tertiary/aromatic N) is 2. The zero-order valence-electron chi connectivity index (χ0n) is 12.9. The maximum absolute atomic E-state index is 13.7. The van der Waals surface area contributed by atoms with Gasteiger partial charge in [0.2, 0.25) is 0 Å². The maximum atomic E-state index is 13.7. The smallest absolute Gasteiger partial charge is 0.262 e. The number of ketones is 1. The highest BCUT2D eigenvalue weighted by Gasteiger charge is 2.14. The molecule has 0 N–H and O–H groups in total. The number of aromatic nitrogens is 2. The molecule has 0 unspecified atom stereocenters. The predicted molar refractivity (Wildman–Crippen MR) is 92.9 cm³/mol. The lowest BCUT2D eigenvalue weighted by atomic mass is 10.1. The summed E-state index contributed by atoms with van der Waals surface area (Å²) in [6, 6.07) is 5.81. The minimum Gasteiger partial charge on any atom is -0.494 e.